The fourth-order valence-electron chi connectivity index (χ4n) is 1.94. The number of carbonyl (C=O) groups excluding carboxylic acids is 2. The second kappa shape index (κ2) is 8.60. The van der Waals surface area contributed by atoms with Gasteiger partial charge in [0.15, 0.2) is 5.78 Å². The fraction of sp³-hybridized carbons (Fsp3) is 0.158. The van der Waals surface area contributed by atoms with Crippen molar-refractivity contribution in [3.05, 3.63) is 70.8 Å². The summed E-state index contributed by atoms with van der Waals surface area (Å²) in [5.74, 6) is 2.64. The van der Waals surface area contributed by atoms with Crippen LogP contribution < -0.4 is 5.32 Å². The van der Waals surface area contributed by atoms with E-state index >= 15 is 0 Å². The summed E-state index contributed by atoms with van der Waals surface area (Å²) in [5.41, 5.74) is 0.487. The van der Waals surface area contributed by atoms with E-state index in [1.165, 1.54) is 6.92 Å². The smallest absolute Gasteiger partial charge is 0.408 e. The molecule has 0 saturated carbocycles. The van der Waals surface area contributed by atoms with Crippen molar-refractivity contribution in [2.75, 3.05) is 6.54 Å². The van der Waals surface area contributed by atoms with Crippen molar-refractivity contribution < 1.29 is 23.1 Å². The monoisotopic (exact) mass is 343 g/mol. The Morgan fingerprint density at radius 3 is 2.52 bits per heavy atom. The van der Waals surface area contributed by atoms with Crippen LogP contribution in [-0.4, -0.2) is 18.4 Å². The standard InChI is InChI=1S/C19H15F2NO3/c1-13(23)16-10-15(17(20)11-18(16)21)8-5-9-22-19(24)25-12-14-6-3-2-4-7-14/h2-4,6-7,10-11H,9,12H2,1H3,(H,22,24). The van der Waals surface area contributed by atoms with Gasteiger partial charge in [0, 0.05) is 6.07 Å². The zero-order valence-electron chi connectivity index (χ0n) is 13.4. The van der Waals surface area contributed by atoms with Crippen LogP contribution in [0, 0.1) is 23.5 Å². The largest absolute Gasteiger partial charge is 0.445 e. The number of nitrogens with one attached hydrogen (secondary N) is 1. The number of hydrogen-bond acceptors (Lipinski definition) is 3. The number of alkyl carbamates (subject to hydrolysis) is 1. The number of carbonyl (C=O) groups is 2. The van der Waals surface area contributed by atoms with Gasteiger partial charge in [-0.1, -0.05) is 42.2 Å². The summed E-state index contributed by atoms with van der Waals surface area (Å²) < 4.78 is 32.0. The molecule has 0 unspecified atom stereocenters. The summed E-state index contributed by atoms with van der Waals surface area (Å²) in [4.78, 5) is 22.8. The molecule has 0 aliphatic rings. The predicted octanol–water partition coefficient (Wildman–Crippen LogP) is 3.45. The van der Waals surface area contributed by atoms with Crippen LogP contribution in [-0.2, 0) is 11.3 Å². The summed E-state index contributed by atoms with van der Waals surface area (Å²) in [7, 11) is 0. The van der Waals surface area contributed by atoms with Gasteiger partial charge in [-0.05, 0) is 18.6 Å². The molecule has 0 aromatic heterocycles. The van der Waals surface area contributed by atoms with E-state index in [4.69, 9.17) is 4.74 Å². The molecule has 128 valence electrons. The number of ketones is 1. The van der Waals surface area contributed by atoms with Crippen LogP contribution in [0.25, 0.3) is 0 Å². The zero-order chi connectivity index (χ0) is 18.2. The quantitative estimate of drug-likeness (QED) is 0.683. The lowest BCUT2D eigenvalue weighted by Gasteiger charge is -2.04. The van der Waals surface area contributed by atoms with E-state index in [1.54, 1.807) is 0 Å². The molecule has 0 heterocycles. The van der Waals surface area contributed by atoms with Gasteiger partial charge in [0.2, 0.25) is 0 Å². The molecule has 6 heteroatoms. The average Bonchev–Trinajstić information content (AvgIpc) is 2.59. The minimum Gasteiger partial charge on any atom is -0.445 e. The molecular weight excluding hydrogens is 328 g/mol. The molecule has 0 bridgehead atoms. The Morgan fingerprint density at radius 1 is 1.12 bits per heavy atom. The maximum Gasteiger partial charge on any atom is 0.408 e. The molecule has 2 rings (SSSR count). The molecule has 0 saturated heterocycles. The lowest BCUT2D eigenvalue weighted by molar-refractivity contribution is 0.101. The van der Waals surface area contributed by atoms with E-state index in [0.29, 0.717) is 6.07 Å². The third-order valence-corrected chi connectivity index (χ3v) is 3.19. The first kappa shape index (κ1) is 18.1. The first-order valence-corrected chi connectivity index (χ1v) is 7.41. The molecule has 0 aliphatic carbocycles. The highest BCUT2D eigenvalue weighted by molar-refractivity contribution is 5.94. The predicted molar refractivity (Wildman–Crippen MR) is 87.9 cm³/mol. The lowest BCUT2D eigenvalue weighted by Crippen LogP contribution is -2.24. The third kappa shape index (κ3) is 5.43. The number of Topliss-reactive ketones (excluding diaryl/α,β-unsaturated/α-hetero) is 1. The van der Waals surface area contributed by atoms with Crippen LogP contribution in [0.3, 0.4) is 0 Å². The van der Waals surface area contributed by atoms with Gasteiger partial charge >= 0.3 is 6.09 Å². The SMILES string of the molecule is CC(=O)c1cc(C#CCNC(=O)OCc2ccccc2)c(F)cc1F. The van der Waals surface area contributed by atoms with Gasteiger partial charge < -0.3 is 10.1 Å². The highest BCUT2D eigenvalue weighted by Gasteiger charge is 2.11. The Balaban J connectivity index is 1.89. The maximum atomic E-state index is 13.6. The number of ether oxygens (including phenoxy) is 1. The van der Waals surface area contributed by atoms with Gasteiger partial charge in [-0.15, -0.1) is 0 Å². The van der Waals surface area contributed by atoms with Crippen LogP contribution in [0.4, 0.5) is 13.6 Å². The zero-order valence-corrected chi connectivity index (χ0v) is 13.4. The summed E-state index contributed by atoms with van der Waals surface area (Å²) in [5, 5.41) is 2.39. The molecule has 1 amide bonds. The second-order valence-electron chi connectivity index (χ2n) is 5.09. The number of amides is 1. The molecule has 2 aromatic carbocycles. The van der Waals surface area contributed by atoms with Crippen molar-refractivity contribution in [2.24, 2.45) is 0 Å². The molecule has 0 fully saturated rings. The summed E-state index contributed by atoms with van der Waals surface area (Å²) in [6.07, 6.45) is -0.665. The van der Waals surface area contributed by atoms with Crippen LogP contribution in [0.5, 0.6) is 0 Å². The van der Waals surface area contributed by atoms with Crippen molar-refractivity contribution in [2.45, 2.75) is 13.5 Å². The minimum absolute atomic E-state index is 0.0835. The molecule has 0 radical (unpaired) electrons. The van der Waals surface area contributed by atoms with Crippen molar-refractivity contribution in [1.82, 2.24) is 5.32 Å². The highest BCUT2D eigenvalue weighted by Crippen LogP contribution is 2.14. The Morgan fingerprint density at radius 2 is 1.84 bits per heavy atom. The molecule has 25 heavy (non-hydrogen) atoms. The van der Waals surface area contributed by atoms with Gasteiger partial charge in [-0.2, -0.15) is 0 Å². The molecule has 0 spiro atoms. The van der Waals surface area contributed by atoms with E-state index < -0.39 is 23.5 Å². The van der Waals surface area contributed by atoms with Gasteiger partial charge in [-0.25, -0.2) is 13.6 Å². The Kier molecular flexibility index (Phi) is 6.24. The number of benzene rings is 2. The minimum atomic E-state index is -0.932. The molecule has 4 nitrogen and oxygen atoms in total. The van der Waals surface area contributed by atoms with Gasteiger partial charge in [0.25, 0.3) is 0 Å². The van der Waals surface area contributed by atoms with E-state index in [2.05, 4.69) is 17.2 Å². The molecular formula is C19H15F2NO3. The van der Waals surface area contributed by atoms with Crippen LogP contribution in [0.2, 0.25) is 0 Å². The van der Waals surface area contributed by atoms with E-state index in [-0.39, 0.29) is 24.3 Å². The van der Waals surface area contributed by atoms with E-state index in [1.807, 2.05) is 30.3 Å². The molecule has 1 N–H and O–H groups in total. The fourth-order valence-corrected chi connectivity index (χ4v) is 1.94. The average molecular weight is 343 g/mol. The van der Waals surface area contributed by atoms with Crippen LogP contribution in [0.1, 0.15) is 28.4 Å². The molecule has 0 atom stereocenters. The van der Waals surface area contributed by atoms with Crippen molar-refractivity contribution in [3.63, 3.8) is 0 Å². The second-order valence-corrected chi connectivity index (χ2v) is 5.09. The number of halogens is 2. The first-order valence-electron chi connectivity index (χ1n) is 7.41. The topological polar surface area (TPSA) is 55.4 Å². The van der Waals surface area contributed by atoms with Gasteiger partial charge in [0.05, 0.1) is 17.7 Å². The van der Waals surface area contributed by atoms with Crippen molar-refractivity contribution in [3.8, 4) is 11.8 Å². The van der Waals surface area contributed by atoms with Crippen LogP contribution >= 0.6 is 0 Å². The van der Waals surface area contributed by atoms with Crippen molar-refractivity contribution in [1.29, 1.82) is 0 Å². The summed E-state index contributed by atoms with van der Waals surface area (Å²) in [6, 6.07) is 10.8. The first-order chi connectivity index (χ1) is 12.0. The third-order valence-electron chi connectivity index (χ3n) is 3.19. The van der Waals surface area contributed by atoms with Crippen LogP contribution in [0.15, 0.2) is 42.5 Å². The maximum absolute atomic E-state index is 13.6. The summed E-state index contributed by atoms with van der Waals surface area (Å²) >= 11 is 0. The Bertz CT molecular complexity index is 839. The highest BCUT2D eigenvalue weighted by atomic mass is 19.1. The van der Waals surface area contributed by atoms with Crippen molar-refractivity contribution >= 4 is 11.9 Å². The lowest BCUT2D eigenvalue weighted by atomic mass is 10.1. The number of rotatable bonds is 4. The van der Waals surface area contributed by atoms with E-state index in [9.17, 15) is 18.4 Å². The van der Waals surface area contributed by atoms with Gasteiger partial charge in [-0.3, -0.25) is 4.79 Å². The normalized spacial score (nSPS) is 9.72. The van der Waals surface area contributed by atoms with E-state index in [0.717, 1.165) is 11.6 Å². The van der Waals surface area contributed by atoms with Gasteiger partial charge in [0.1, 0.15) is 18.2 Å². The molecule has 0 aliphatic heterocycles. The Labute approximate surface area is 143 Å². The summed E-state index contributed by atoms with van der Waals surface area (Å²) in [6.45, 7) is 1.21. The number of hydrogen-bond donors (Lipinski definition) is 1. The molecule has 2 aromatic rings. The Hall–Kier alpha value is -3.20.